The maximum absolute atomic E-state index is 12.7. The zero-order valence-corrected chi connectivity index (χ0v) is 18.4. The molecule has 0 fully saturated rings. The fourth-order valence-electron chi connectivity index (χ4n) is 3.46. The van der Waals surface area contributed by atoms with Crippen molar-refractivity contribution in [2.45, 2.75) is 13.8 Å². The highest BCUT2D eigenvalue weighted by molar-refractivity contribution is 6.06. The van der Waals surface area contributed by atoms with E-state index in [1.807, 2.05) is 62.4 Å². The predicted molar refractivity (Wildman–Crippen MR) is 128 cm³/mol. The average Bonchev–Trinajstić information content (AvgIpc) is 3.12. The second-order valence-electron chi connectivity index (χ2n) is 7.45. The van der Waals surface area contributed by atoms with Crippen molar-refractivity contribution in [3.63, 3.8) is 0 Å². The molecule has 4 aromatic rings. The van der Waals surface area contributed by atoms with Crippen LogP contribution >= 0.6 is 0 Å². The third-order valence-electron chi connectivity index (χ3n) is 5.08. The maximum atomic E-state index is 12.7. The summed E-state index contributed by atoms with van der Waals surface area (Å²) in [5.41, 5.74) is 4.09. The van der Waals surface area contributed by atoms with E-state index >= 15 is 0 Å². The lowest BCUT2D eigenvalue weighted by Gasteiger charge is -2.12. The van der Waals surface area contributed by atoms with Gasteiger partial charge in [-0.2, -0.15) is 5.10 Å². The molecule has 0 bridgehead atoms. The Balaban J connectivity index is 1.43. The summed E-state index contributed by atoms with van der Waals surface area (Å²) in [6.45, 7) is 3.49. The molecule has 0 aliphatic rings. The van der Waals surface area contributed by atoms with E-state index in [0.717, 1.165) is 11.4 Å². The largest absolute Gasteiger partial charge is 0.483 e. The molecule has 2 N–H and O–H groups in total. The van der Waals surface area contributed by atoms with E-state index in [1.165, 1.54) is 0 Å². The molecule has 166 valence electrons. The van der Waals surface area contributed by atoms with Crippen LogP contribution in [0.25, 0.3) is 5.69 Å². The minimum absolute atomic E-state index is 0.245. The lowest BCUT2D eigenvalue weighted by Crippen LogP contribution is -2.22. The van der Waals surface area contributed by atoms with Gasteiger partial charge in [0, 0.05) is 5.69 Å². The van der Waals surface area contributed by atoms with Crippen molar-refractivity contribution in [1.29, 1.82) is 0 Å². The smallest absolute Gasteiger partial charge is 0.262 e. The van der Waals surface area contributed by atoms with E-state index in [-0.39, 0.29) is 18.4 Å². The van der Waals surface area contributed by atoms with Crippen LogP contribution < -0.4 is 15.4 Å². The molecule has 7 heteroatoms. The number of aryl methyl sites for hydroxylation is 1. The Morgan fingerprint density at radius 2 is 1.48 bits per heavy atom. The molecule has 3 aromatic carbocycles. The Kier molecular flexibility index (Phi) is 6.50. The molecule has 7 nitrogen and oxygen atoms in total. The first kappa shape index (κ1) is 21.8. The lowest BCUT2D eigenvalue weighted by atomic mass is 10.2. The highest BCUT2D eigenvalue weighted by atomic mass is 16.5. The van der Waals surface area contributed by atoms with Gasteiger partial charge < -0.3 is 15.4 Å². The van der Waals surface area contributed by atoms with Crippen LogP contribution in [0, 0.1) is 13.8 Å². The van der Waals surface area contributed by atoms with Gasteiger partial charge in [0.05, 0.1) is 28.3 Å². The molecule has 0 unspecified atom stereocenters. The molecule has 0 saturated heterocycles. The fourth-order valence-corrected chi connectivity index (χ4v) is 3.46. The molecule has 0 radical (unpaired) electrons. The van der Waals surface area contributed by atoms with Crippen LogP contribution in [0.4, 0.5) is 11.4 Å². The van der Waals surface area contributed by atoms with Crippen molar-refractivity contribution in [3.05, 3.63) is 102 Å². The molecule has 0 atom stereocenters. The summed E-state index contributed by atoms with van der Waals surface area (Å²) in [6, 6.07) is 25.7. The highest BCUT2D eigenvalue weighted by Crippen LogP contribution is 2.23. The normalized spacial score (nSPS) is 10.5. The summed E-state index contributed by atoms with van der Waals surface area (Å²) >= 11 is 0. The minimum Gasteiger partial charge on any atom is -0.483 e. The number of para-hydroxylation sites is 3. The Morgan fingerprint density at radius 3 is 2.21 bits per heavy atom. The van der Waals surface area contributed by atoms with Gasteiger partial charge >= 0.3 is 0 Å². The van der Waals surface area contributed by atoms with Crippen molar-refractivity contribution < 1.29 is 14.3 Å². The number of hydrogen-bond donors (Lipinski definition) is 2. The number of rotatable bonds is 7. The van der Waals surface area contributed by atoms with Gasteiger partial charge in [0.15, 0.2) is 6.61 Å². The van der Waals surface area contributed by atoms with E-state index in [2.05, 4.69) is 15.7 Å². The van der Waals surface area contributed by atoms with Crippen molar-refractivity contribution in [2.24, 2.45) is 0 Å². The zero-order chi connectivity index (χ0) is 23.2. The number of carbonyl (C=O) groups is 2. The lowest BCUT2D eigenvalue weighted by molar-refractivity contribution is -0.118. The molecule has 33 heavy (non-hydrogen) atoms. The number of aromatic nitrogens is 2. The number of nitrogens with zero attached hydrogens (tertiary/aromatic N) is 2. The van der Waals surface area contributed by atoms with Gasteiger partial charge in [-0.3, -0.25) is 9.59 Å². The summed E-state index contributed by atoms with van der Waals surface area (Å²) in [5.74, 6) is -0.324. The van der Waals surface area contributed by atoms with Crippen LogP contribution in [0.2, 0.25) is 0 Å². The molecule has 0 aliphatic heterocycles. The standard InChI is InChI=1S/C26H24N4O3/c1-18-25(19(2)30(29-18)21-13-7-4-8-14-21)28-24(31)17-33-23-16-10-9-15-22(23)26(32)27-20-11-5-3-6-12-20/h3-16H,17H2,1-2H3,(H,27,32)(H,28,31). The molecule has 0 spiro atoms. The first-order valence-electron chi connectivity index (χ1n) is 10.5. The van der Waals surface area contributed by atoms with Crippen LogP contribution in [0.3, 0.4) is 0 Å². The molecule has 0 aliphatic carbocycles. The Hall–Kier alpha value is -4.39. The number of hydrogen-bond acceptors (Lipinski definition) is 4. The molecule has 2 amide bonds. The van der Waals surface area contributed by atoms with Gasteiger partial charge in [-0.25, -0.2) is 4.68 Å². The maximum Gasteiger partial charge on any atom is 0.262 e. The summed E-state index contributed by atoms with van der Waals surface area (Å²) < 4.78 is 7.49. The van der Waals surface area contributed by atoms with Gasteiger partial charge in [-0.15, -0.1) is 0 Å². The van der Waals surface area contributed by atoms with Crippen molar-refractivity contribution in [2.75, 3.05) is 17.2 Å². The molecule has 1 heterocycles. The van der Waals surface area contributed by atoms with Crippen LogP contribution in [0.5, 0.6) is 5.75 Å². The van der Waals surface area contributed by atoms with Gasteiger partial charge in [-0.1, -0.05) is 48.5 Å². The van der Waals surface area contributed by atoms with Crippen LogP contribution in [-0.2, 0) is 4.79 Å². The monoisotopic (exact) mass is 440 g/mol. The average molecular weight is 441 g/mol. The number of benzene rings is 3. The Bertz CT molecular complexity index is 1270. The second kappa shape index (κ2) is 9.82. The van der Waals surface area contributed by atoms with Gasteiger partial charge in [-0.05, 0) is 50.2 Å². The van der Waals surface area contributed by atoms with E-state index in [0.29, 0.717) is 28.4 Å². The quantitative estimate of drug-likeness (QED) is 0.434. The summed E-state index contributed by atoms with van der Waals surface area (Å²) in [7, 11) is 0. The molecule has 0 saturated carbocycles. The van der Waals surface area contributed by atoms with Gasteiger partial charge in [0.2, 0.25) is 0 Å². The number of nitrogens with one attached hydrogen (secondary N) is 2. The predicted octanol–water partition coefficient (Wildman–Crippen LogP) is 4.76. The summed E-state index contributed by atoms with van der Waals surface area (Å²) in [5, 5.41) is 10.2. The van der Waals surface area contributed by atoms with E-state index in [9.17, 15) is 9.59 Å². The van der Waals surface area contributed by atoms with Crippen molar-refractivity contribution in [1.82, 2.24) is 9.78 Å². The fraction of sp³-hybridized carbons (Fsp3) is 0.115. The minimum atomic E-state index is -0.341. The first-order valence-corrected chi connectivity index (χ1v) is 10.5. The summed E-state index contributed by atoms with van der Waals surface area (Å²) in [4.78, 5) is 25.3. The molecular weight excluding hydrogens is 416 g/mol. The van der Waals surface area contributed by atoms with Crippen molar-refractivity contribution in [3.8, 4) is 11.4 Å². The van der Waals surface area contributed by atoms with Crippen LogP contribution in [0.15, 0.2) is 84.9 Å². The SMILES string of the molecule is Cc1nn(-c2ccccc2)c(C)c1NC(=O)COc1ccccc1C(=O)Nc1ccccc1. The second-order valence-corrected chi connectivity index (χ2v) is 7.45. The Morgan fingerprint density at radius 1 is 0.848 bits per heavy atom. The number of amides is 2. The van der Waals surface area contributed by atoms with Crippen LogP contribution in [-0.4, -0.2) is 28.2 Å². The number of ether oxygens (including phenoxy) is 1. The summed E-state index contributed by atoms with van der Waals surface area (Å²) in [6.07, 6.45) is 0. The number of anilines is 2. The Labute approximate surface area is 192 Å². The third kappa shape index (κ3) is 5.10. The molecule has 1 aromatic heterocycles. The van der Waals surface area contributed by atoms with Crippen molar-refractivity contribution >= 4 is 23.2 Å². The van der Waals surface area contributed by atoms with E-state index < -0.39 is 0 Å². The van der Waals surface area contributed by atoms with E-state index in [4.69, 9.17) is 4.74 Å². The van der Waals surface area contributed by atoms with Gasteiger partial charge in [0.1, 0.15) is 5.75 Å². The van der Waals surface area contributed by atoms with E-state index in [1.54, 1.807) is 41.1 Å². The number of carbonyl (C=O) groups excluding carboxylic acids is 2. The third-order valence-corrected chi connectivity index (χ3v) is 5.08. The van der Waals surface area contributed by atoms with Crippen LogP contribution in [0.1, 0.15) is 21.7 Å². The molecular formula is C26H24N4O3. The highest BCUT2D eigenvalue weighted by Gasteiger charge is 2.17. The van der Waals surface area contributed by atoms with Gasteiger partial charge in [0.25, 0.3) is 11.8 Å². The first-order chi connectivity index (χ1) is 16.0. The molecule has 4 rings (SSSR count). The zero-order valence-electron chi connectivity index (χ0n) is 18.4. The topological polar surface area (TPSA) is 85.2 Å².